The topological polar surface area (TPSA) is 128 Å². The van der Waals surface area contributed by atoms with Crippen LogP contribution in [-0.4, -0.2) is 24.4 Å². The lowest BCUT2D eigenvalue weighted by molar-refractivity contribution is 0.598. The highest BCUT2D eigenvalue weighted by molar-refractivity contribution is 7.89. The second kappa shape index (κ2) is 5.32. The van der Waals surface area contributed by atoms with Gasteiger partial charge in [0, 0.05) is 23.0 Å². The van der Waals surface area contributed by atoms with E-state index in [1.807, 2.05) is 6.92 Å². The van der Waals surface area contributed by atoms with Crippen LogP contribution in [0, 0.1) is 12.3 Å². The van der Waals surface area contributed by atoms with E-state index >= 15 is 0 Å². The van der Waals surface area contributed by atoms with Crippen molar-refractivity contribution in [2.45, 2.75) is 24.7 Å². The maximum absolute atomic E-state index is 11.4. The van der Waals surface area contributed by atoms with Gasteiger partial charge >= 0.3 is 0 Å². The fourth-order valence-electron chi connectivity index (χ4n) is 2.81. The number of rotatable bonds is 3. The van der Waals surface area contributed by atoms with E-state index in [9.17, 15) is 8.42 Å². The molecule has 5 N–H and O–H groups in total. The van der Waals surface area contributed by atoms with Gasteiger partial charge in [-0.25, -0.2) is 18.2 Å². The van der Waals surface area contributed by atoms with E-state index in [1.54, 1.807) is 16.8 Å². The van der Waals surface area contributed by atoms with Crippen molar-refractivity contribution in [3.05, 3.63) is 46.9 Å². The number of nitrogens with two attached hydrogens (primary N) is 2. The molecule has 1 heterocycles. The first-order valence-corrected chi connectivity index (χ1v) is 8.58. The molecule has 0 saturated heterocycles. The molecule has 0 spiro atoms. The highest BCUT2D eigenvalue weighted by atomic mass is 32.2. The molecule has 8 heteroatoms. The van der Waals surface area contributed by atoms with Crippen molar-refractivity contribution in [2.24, 2.45) is 10.9 Å². The predicted molar refractivity (Wildman–Crippen MR) is 87.9 cm³/mol. The minimum Gasteiger partial charge on any atom is -0.401 e. The summed E-state index contributed by atoms with van der Waals surface area (Å²) in [4.78, 5) is 0.0429. The first-order chi connectivity index (χ1) is 10.8. The summed E-state index contributed by atoms with van der Waals surface area (Å²) in [5.41, 5.74) is 10.8. The molecule has 0 saturated carbocycles. The Morgan fingerprint density at radius 1 is 1.26 bits per heavy atom. The molecule has 0 fully saturated rings. The van der Waals surface area contributed by atoms with Crippen LogP contribution in [0.3, 0.4) is 0 Å². The average molecular weight is 331 g/mol. The molecular formula is C15H17N5O2S. The van der Waals surface area contributed by atoms with Gasteiger partial charge in [-0.05, 0) is 44.0 Å². The van der Waals surface area contributed by atoms with Crippen LogP contribution in [0.25, 0.3) is 11.3 Å². The molecule has 1 aromatic carbocycles. The highest BCUT2D eigenvalue weighted by Crippen LogP contribution is 2.32. The van der Waals surface area contributed by atoms with Crippen molar-refractivity contribution in [2.75, 3.05) is 0 Å². The van der Waals surface area contributed by atoms with Gasteiger partial charge in [-0.1, -0.05) is 0 Å². The molecule has 1 aliphatic carbocycles. The maximum atomic E-state index is 11.4. The van der Waals surface area contributed by atoms with Crippen LogP contribution in [-0.2, 0) is 16.4 Å². The van der Waals surface area contributed by atoms with Crippen molar-refractivity contribution in [1.29, 1.82) is 5.41 Å². The summed E-state index contributed by atoms with van der Waals surface area (Å²) in [7, 11) is -3.73. The van der Waals surface area contributed by atoms with Crippen molar-refractivity contribution >= 4 is 21.8 Å². The molecule has 120 valence electrons. The Bertz CT molecular complexity index is 924. The number of benzene rings is 1. The summed E-state index contributed by atoms with van der Waals surface area (Å²) in [6.07, 6.45) is 2.72. The van der Waals surface area contributed by atoms with Gasteiger partial charge in [-0.3, -0.25) is 0 Å². The number of nitrogens with zero attached hydrogens (tertiary/aromatic N) is 2. The molecule has 0 radical (unpaired) electrons. The van der Waals surface area contributed by atoms with Crippen LogP contribution in [0.1, 0.15) is 23.4 Å². The third kappa shape index (κ3) is 2.55. The fraction of sp³-hybridized carbons (Fsp3) is 0.200. The lowest BCUT2D eigenvalue weighted by atomic mass is 9.93. The average Bonchev–Trinajstić information content (AvgIpc) is 2.84. The van der Waals surface area contributed by atoms with Gasteiger partial charge in [0.15, 0.2) is 0 Å². The Kier molecular flexibility index (Phi) is 3.57. The number of sulfonamides is 1. The lowest BCUT2D eigenvalue weighted by Gasteiger charge is -2.17. The van der Waals surface area contributed by atoms with Crippen LogP contribution in [0.15, 0.2) is 34.9 Å². The molecule has 0 amide bonds. The van der Waals surface area contributed by atoms with Gasteiger partial charge in [0.05, 0.1) is 22.0 Å². The number of aryl methyl sites for hydroxylation is 1. The Morgan fingerprint density at radius 3 is 2.48 bits per heavy atom. The molecule has 0 aliphatic heterocycles. The number of primary sulfonamides is 1. The summed E-state index contributed by atoms with van der Waals surface area (Å²) >= 11 is 0. The van der Waals surface area contributed by atoms with Gasteiger partial charge in [-0.2, -0.15) is 5.10 Å². The molecule has 7 nitrogen and oxygen atoms in total. The standard InChI is InChI=1S/C15H17N5O2S/c1-9-12-6-7-14(17)13(8-16)15(12)20(19-9)10-2-4-11(5-3-10)23(18,21)22/h2-5,8,16H,6-7,17H2,1H3,(H2,18,21,22). The smallest absolute Gasteiger partial charge is 0.238 e. The molecule has 1 aliphatic rings. The van der Waals surface area contributed by atoms with Crippen molar-refractivity contribution in [3.8, 4) is 5.69 Å². The van der Waals surface area contributed by atoms with E-state index in [0.717, 1.165) is 23.4 Å². The SMILES string of the molecule is Cc1nn(-c2ccc(S(N)(=O)=O)cc2)c2c1CCC(N)=C2C=N. The summed E-state index contributed by atoms with van der Waals surface area (Å²) in [6, 6.07) is 6.15. The lowest BCUT2D eigenvalue weighted by Crippen LogP contribution is -2.15. The second-order valence-corrected chi connectivity index (χ2v) is 7.01. The Morgan fingerprint density at radius 2 is 1.91 bits per heavy atom. The fourth-order valence-corrected chi connectivity index (χ4v) is 3.32. The van der Waals surface area contributed by atoms with Gasteiger partial charge < -0.3 is 11.1 Å². The summed E-state index contributed by atoms with van der Waals surface area (Å²) in [5.74, 6) is 0. The van der Waals surface area contributed by atoms with E-state index in [1.165, 1.54) is 18.3 Å². The van der Waals surface area contributed by atoms with Crippen LogP contribution >= 0.6 is 0 Å². The minimum absolute atomic E-state index is 0.0429. The third-order valence-corrected chi connectivity index (χ3v) is 4.91. The monoisotopic (exact) mass is 331 g/mol. The van der Waals surface area contributed by atoms with Crippen LogP contribution in [0.5, 0.6) is 0 Å². The zero-order chi connectivity index (χ0) is 16.8. The zero-order valence-electron chi connectivity index (χ0n) is 12.6. The third-order valence-electron chi connectivity index (χ3n) is 3.98. The number of allylic oxidation sites excluding steroid dienone is 2. The molecule has 0 atom stereocenters. The first-order valence-electron chi connectivity index (χ1n) is 7.04. The Labute approximate surface area is 134 Å². The van der Waals surface area contributed by atoms with Crippen molar-refractivity contribution < 1.29 is 8.42 Å². The second-order valence-electron chi connectivity index (χ2n) is 5.45. The molecule has 2 aromatic rings. The normalized spacial score (nSPS) is 14.7. The molecule has 23 heavy (non-hydrogen) atoms. The predicted octanol–water partition coefficient (Wildman–Crippen LogP) is 1.09. The van der Waals surface area contributed by atoms with Gasteiger partial charge in [-0.15, -0.1) is 0 Å². The largest absolute Gasteiger partial charge is 0.401 e. The first kappa shape index (κ1) is 15.4. The van der Waals surface area contributed by atoms with E-state index in [2.05, 4.69) is 5.10 Å². The summed E-state index contributed by atoms with van der Waals surface area (Å²) in [5, 5.41) is 17.3. The number of fused-ring (bicyclic) bond motifs is 1. The molecule has 1 aromatic heterocycles. The van der Waals surface area contributed by atoms with Gasteiger partial charge in [0.2, 0.25) is 10.0 Å². The summed E-state index contributed by atoms with van der Waals surface area (Å²) in [6.45, 7) is 1.91. The van der Waals surface area contributed by atoms with E-state index in [-0.39, 0.29) is 4.90 Å². The minimum atomic E-state index is -3.73. The van der Waals surface area contributed by atoms with Crippen molar-refractivity contribution in [1.82, 2.24) is 9.78 Å². The van der Waals surface area contributed by atoms with Gasteiger partial charge in [0.1, 0.15) is 0 Å². The Hall–Kier alpha value is -2.45. The zero-order valence-corrected chi connectivity index (χ0v) is 13.4. The van der Waals surface area contributed by atoms with E-state index in [4.69, 9.17) is 16.3 Å². The number of hydrogen-bond donors (Lipinski definition) is 3. The maximum Gasteiger partial charge on any atom is 0.238 e. The van der Waals surface area contributed by atoms with Crippen molar-refractivity contribution in [3.63, 3.8) is 0 Å². The summed E-state index contributed by atoms with van der Waals surface area (Å²) < 4.78 is 24.4. The highest BCUT2D eigenvalue weighted by Gasteiger charge is 2.24. The molecule has 0 unspecified atom stereocenters. The van der Waals surface area contributed by atoms with Crippen LogP contribution in [0.4, 0.5) is 0 Å². The van der Waals surface area contributed by atoms with Crippen LogP contribution < -0.4 is 10.9 Å². The molecule has 0 bridgehead atoms. The quantitative estimate of drug-likeness (QED) is 0.727. The van der Waals surface area contributed by atoms with E-state index in [0.29, 0.717) is 23.4 Å². The number of aromatic nitrogens is 2. The number of nitrogens with one attached hydrogen (secondary N) is 1. The number of hydrogen-bond acceptors (Lipinski definition) is 5. The Balaban J connectivity index is 2.18. The van der Waals surface area contributed by atoms with Crippen LogP contribution in [0.2, 0.25) is 0 Å². The molecule has 3 rings (SSSR count). The molecular weight excluding hydrogens is 314 g/mol. The van der Waals surface area contributed by atoms with Gasteiger partial charge in [0.25, 0.3) is 0 Å². The van der Waals surface area contributed by atoms with E-state index < -0.39 is 10.0 Å².